The lowest BCUT2D eigenvalue weighted by Crippen LogP contribution is -2.41. The van der Waals surface area contributed by atoms with E-state index in [1.165, 1.54) is 6.08 Å². The molecule has 1 rings (SSSR count). The first-order valence-corrected chi connectivity index (χ1v) is 3.58. The molecule has 0 bridgehead atoms. The van der Waals surface area contributed by atoms with E-state index in [2.05, 4.69) is 0 Å². The van der Waals surface area contributed by atoms with Crippen molar-refractivity contribution in [3.63, 3.8) is 0 Å². The Labute approximate surface area is 65.0 Å². The second-order valence-electron chi connectivity index (χ2n) is 2.80. The maximum atomic E-state index is 9.21. The van der Waals surface area contributed by atoms with Crippen LogP contribution in [0.15, 0.2) is 11.6 Å². The summed E-state index contributed by atoms with van der Waals surface area (Å²) in [5.74, 6) is 0. The molecule has 0 aromatic heterocycles. The lowest BCUT2D eigenvalue weighted by atomic mass is 9.92. The Morgan fingerprint density at radius 2 is 2.18 bits per heavy atom. The molecule has 4 heteroatoms. The van der Waals surface area contributed by atoms with Gasteiger partial charge in [0.25, 0.3) is 0 Å². The molecule has 0 saturated heterocycles. The van der Waals surface area contributed by atoms with Gasteiger partial charge < -0.3 is 21.1 Å². The van der Waals surface area contributed by atoms with Gasteiger partial charge >= 0.3 is 0 Å². The maximum absolute atomic E-state index is 9.21. The number of hydrogen-bond acceptors (Lipinski definition) is 4. The van der Waals surface area contributed by atoms with Crippen LogP contribution in [0.25, 0.3) is 0 Å². The van der Waals surface area contributed by atoms with Gasteiger partial charge in [0, 0.05) is 12.5 Å². The van der Waals surface area contributed by atoms with E-state index in [0.717, 1.165) is 0 Å². The molecule has 0 aromatic rings. The normalized spacial score (nSPS) is 38.5. The lowest BCUT2D eigenvalue weighted by molar-refractivity contribution is 0.0726. The third-order valence-corrected chi connectivity index (χ3v) is 1.93. The van der Waals surface area contributed by atoms with Gasteiger partial charge in [-0.2, -0.15) is 0 Å². The maximum Gasteiger partial charge on any atom is 0.0798 e. The number of aliphatic hydroxyl groups excluding tert-OH is 3. The van der Waals surface area contributed by atoms with Gasteiger partial charge in [0.15, 0.2) is 0 Å². The Morgan fingerprint density at radius 1 is 1.55 bits per heavy atom. The molecule has 1 aliphatic rings. The molecule has 0 aromatic carbocycles. The standard InChI is InChI=1S/C7H13NO3/c8-5-1-4(3-9)6(10)2-7(5)11/h1,5-7,9-11H,2-3,8H2. The third kappa shape index (κ3) is 1.78. The quantitative estimate of drug-likeness (QED) is 0.345. The highest BCUT2D eigenvalue weighted by atomic mass is 16.3. The third-order valence-electron chi connectivity index (χ3n) is 1.93. The van der Waals surface area contributed by atoms with Crippen molar-refractivity contribution in [3.8, 4) is 0 Å². The van der Waals surface area contributed by atoms with Crippen LogP contribution in [0.5, 0.6) is 0 Å². The van der Waals surface area contributed by atoms with Crippen LogP contribution in [0, 0.1) is 0 Å². The molecular weight excluding hydrogens is 146 g/mol. The van der Waals surface area contributed by atoms with Crippen LogP contribution in [0.2, 0.25) is 0 Å². The summed E-state index contributed by atoms with van der Waals surface area (Å²) in [6.45, 7) is -0.193. The van der Waals surface area contributed by atoms with Crippen LogP contribution in [-0.2, 0) is 0 Å². The molecule has 5 N–H and O–H groups in total. The first kappa shape index (κ1) is 8.67. The fraction of sp³-hybridized carbons (Fsp3) is 0.714. The van der Waals surface area contributed by atoms with Gasteiger partial charge in [-0.1, -0.05) is 6.08 Å². The first-order valence-electron chi connectivity index (χ1n) is 3.58. The van der Waals surface area contributed by atoms with Crippen molar-refractivity contribution in [1.82, 2.24) is 0 Å². The molecule has 3 unspecified atom stereocenters. The minimum Gasteiger partial charge on any atom is -0.392 e. The molecule has 64 valence electrons. The van der Waals surface area contributed by atoms with Gasteiger partial charge in [0.2, 0.25) is 0 Å². The van der Waals surface area contributed by atoms with E-state index in [-0.39, 0.29) is 13.0 Å². The summed E-state index contributed by atoms with van der Waals surface area (Å²) in [5, 5.41) is 27.1. The van der Waals surface area contributed by atoms with E-state index in [0.29, 0.717) is 5.57 Å². The summed E-state index contributed by atoms with van der Waals surface area (Å²) in [5.41, 5.74) is 5.96. The average molecular weight is 159 g/mol. The van der Waals surface area contributed by atoms with E-state index >= 15 is 0 Å². The number of hydrogen-bond donors (Lipinski definition) is 4. The molecule has 0 fully saturated rings. The monoisotopic (exact) mass is 159 g/mol. The number of aliphatic hydroxyl groups is 3. The predicted octanol–water partition coefficient (Wildman–Crippen LogP) is -1.64. The van der Waals surface area contributed by atoms with Gasteiger partial charge in [-0.3, -0.25) is 0 Å². The SMILES string of the molecule is NC1C=C(CO)C(O)CC1O. The largest absolute Gasteiger partial charge is 0.392 e. The van der Waals surface area contributed by atoms with E-state index < -0.39 is 18.2 Å². The fourth-order valence-electron chi connectivity index (χ4n) is 1.16. The number of nitrogens with two attached hydrogens (primary N) is 1. The highest BCUT2D eigenvalue weighted by Gasteiger charge is 2.25. The summed E-state index contributed by atoms with van der Waals surface area (Å²) in [6, 6.07) is -0.458. The van der Waals surface area contributed by atoms with Crippen molar-refractivity contribution < 1.29 is 15.3 Å². The van der Waals surface area contributed by atoms with Crippen molar-refractivity contribution in [2.45, 2.75) is 24.7 Å². The van der Waals surface area contributed by atoms with Crippen molar-refractivity contribution in [2.24, 2.45) is 5.73 Å². The molecule has 0 aliphatic heterocycles. The summed E-state index contributed by atoms with van der Waals surface area (Å²) in [4.78, 5) is 0. The Bertz CT molecular complexity index is 169. The zero-order valence-electron chi connectivity index (χ0n) is 6.14. The second-order valence-corrected chi connectivity index (χ2v) is 2.80. The minimum atomic E-state index is -0.741. The summed E-state index contributed by atoms with van der Waals surface area (Å²) < 4.78 is 0. The van der Waals surface area contributed by atoms with Crippen LogP contribution in [-0.4, -0.2) is 40.2 Å². The van der Waals surface area contributed by atoms with E-state index in [1.54, 1.807) is 0 Å². The first-order chi connectivity index (χ1) is 5.15. The topological polar surface area (TPSA) is 86.7 Å². The molecule has 0 saturated carbocycles. The average Bonchev–Trinajstić information content (AvgIpc) is 1.97. The van der Waals surface area contributed by atoms with E-state index in [9.17, 15) is 5.11 Å². The van der Waals surface area contributed by atoms with E-state index in [1.807, 2.05) is 0 Å². The summed E-state index contributed by atoms with van der Waals surface area (Å²) in [6.07, 6.45) is 0.293. The molecule has 0 amide bonds. The van der Waals surface area contributed by atoms with Crippen LogP contribution in [0.4, 0.5) is 0 Å². The van der Waals surface area contributed by atoms with Crippen LogP contribution >= 0.6 is 0 Å². The Hall–Kier alpha value is -0.420. The molecule has 11 heavy (non-hydrogen) atoms. The van der Waals surface area contributed by atoms with Gasteiger partial charge in [-0.05, 0) is 5.57 Å². The molecule has 0 heterocycles. The zero-order chi connectivity index (χ0) is 8.43. The Kier molecular flexibility index (Phi) is 2.62. The summed E-state index contributed by atoms with van der Waals surface area (Å²) >= 11 is 0. The predicted molar refractivity (Wildman–Crippen MR) is 39.8 cm³/mol. The number of rotatable bonds is 1. The van der Waals surface area contributed by atoms with Crippen LogP contribution in [0.1, 0.15) is 6.42 Å². The van der Waals surface area contributed by atoms with E-state index in [4.69, 9.17) is 15.9 Å². The Morgan fingerprint density at radius 3 is 2.73 bits per heavy atom. The van der Waals surface area contributed by atoms with Crippen molar-refractivity contribution in [2.75, 3.05) is 6.61 Å². The lowest BCUT2D eigenvalue weighted by Gasteiger charge is -2.26. The smallest absolute Gasteiger partial charge is 0.0798 e. The molecule has 0 spiro atoms. The fourth-order valence-corrected chi connectivity index (χ4v) is 1.16. The van der Waals surface area contributed by atoms with Gasteiger partial charge in [0.05, 0.1) is 18.8 Å². The van der Waals surface area contributed by atoms with Crippen molar-refractivity contribution >= 4 is 0 Å². The van der Waals surface area contributed by atoms with Gasteiger partial charge in [-0.15, -0.1) is 0 Å². The summed E-state index contributed by atoms with van der Waals surface area (Å²) in [7, 11) is 0. The van der Waals surface area contributed by atoms with Crippen molar-refractivity contribution in [3.05, 3.63) is 11.6 Å². The zero-order valence-corrected chi connectivity index (χ0v) is 6.14. The minimum absolute atomic E-state index is 0.193. The molecule has 0 radical (unpaired) electrons. The molecular formula is C7H13NO3. The Balaban J connectivity index is 2.70. The van der Waals surface area contributed by atoms with Crippen molar-refractivity contribution in [1.29, 1.82) is 0 Å². The molecule has 3 atom stereocenters. The van der Waals surface area contributed by atoms with Gasteiger partial charge in [0.1, 0.15) is 0 Å². The highest BCUT2D eigenvalue weighted by molar-refractivity contribution is 5.17. The second kappa shape index (κ2) is 3.32. The molecule has 1 aliphatic carbocycles. The molecule has 4 nitrogen and oxygen atoms in total. The highest BCUT2D eigenvalue weighted by Crippen LogP contribution is 2.17. The van der Waals surface area contributed by atoms with Crippen LogP contribution in [0.3, 0.4) is 0 Å². The van der Waals surface area contributed by atoms with Gasteiger partial charge in [-0.25, -0.2) is 0 Å². The van der Waals surface area contributed by atoms with Crippen LogP contribution < -0.4 is 5.73 Å².